The van der Waals surface area contributed by atoms with Crippen LogP contribution in [-0.4, -0.2) is 20.7 Å². The van der Waals surface area contributed by atoms with Gasteiger partial charge in [-0.2, -0.15) is 10.4 Å². The molecule has 0 atom stereocenters. The number of benzene rings is 2. The summed E-state index contributed by atoms with van der Waals surface area (Å²) >= 11 is 0. The van der Waals surface area contributed by atoms with Crippen LogP contribution >= 0.6 is 0 Å². The average molecular weight is 329 g/mol. The monoisotopic (exact) mass is 329 g/mol. The molecule has 2 aromatic carbocycles. The first-order valence-corrected chi connectivity index (χ1v) is 7.65. The fourth-order valence-corrected chi connectivity index (χ4v) is 2.35. The van der Waals surface area contributed by atoms with Crippen LogP contribution in [0.3, 0.4) is 0 Å². The van der Waals surface area contributed by atoms with E-state index in [9.17, 15) is 4.79 Å². The molecule has 3 rings (SSSR count). The number of carbonyl (C=O) groups excluding carboxylic acids is 1. The molecule has 0 unspecified atom stereocenters. The molecule has 3 aromatic rings. The van der Waals surface area contributed by atoms with Crippen molar-refractivity contribution in [2.24, 2.45) is 0 Å². The van der Waals surface area contributed by atoms with Gasteiger partial charge in [0.15, 0.2) is 0 Å². The lowest BCUT2D eigenvalue weighted by molar-refractivity contribution is -0.111. The Morgan fingerprint density at radius 1 is 1.20 bits per heavy atom. The molecule has 1 aromatic heterocycles. The molecule has 0 bridgehead atoms. The van der Waals surface area contributed by atoms with Gasteiger partial charge in [0.1, 0.15) is 12.7 Å². The van der Waals surface area contributed by atoms with Crippen molar-refractivity contribution < 1.29 is 4.79 Å². The largest absolute Gasteiger partial charge is 0.322 e. The zero-order chi connectivity index (χ0) is 17.5. The smallest absolute Gasteiger partial charge is 0.248 e. The zero-order valence-electron chi connectivity index (χ0n) is 13.3. The van der Waals surface area contributed by atoms with Gasteiger partial charge >= 0.3 is 0 Å². The zero-order valence-corrected chi connectivity index (χ0v) is 13.3. The van der Waals surface area contributed by atoms with E-state index >= 15 is 0 Å². The van der Waals surface area contributed by atoms with Gasteiger partial charge in [0.25, 0.3) is 0 Å². The summed E-state index contributed by atoms with van der Waals surface area (Å²) in [6, 6.07) is 16.7. The van der Waals surface area contributed by atoms with Crippen molar-refractivity contribution in [3.05, 3.63) is 84.0 Å². The minimum atomic E-state index is -0.265. The van der Waals surface area contributed by atoms with Gasteiger partial charge in [0.2, 0.25) is 5.91 Å². The lowest BCUT2D eigenvalue weighted by atomic mass is 10.1. The van der Waals surface area contributed by atoms with E-state index in [0.717, 1.165) is 5.56 Å². The Kier molecular flexibility index (Phi) is 4.98. The highest BCUT2D eigenvalue weighted by molar-refractivity contribution is 6.02. The summed E-state index contributed by atoms with van der Waals surface area (Å²) in [4.78, 5) is 16.1. The van der Waals surface area contributed by atoms with Crippen LogP contribution in [0, 0.1) is 11.3 Å². The summed E-state index contributed by atoms with van der Waals surface area (Å²) < 4.78 is 1.68. The van der Waals surface area contributed by atoms with Crippen LogP contribution in [0.5, 0.6) is 0 Å². The number of nitrogens with zero attached hydrogens (tertiary/aromatic N) is 4. The number of nitrogens with one attached hydrogen (secondary N) is 1. The molecule has 122 valence electrons. The van der Waals surface area contributed by atoms with Crippen molar-refractivity contribution in [1.82, 2.24) is 14.8 Å². The van der Waals surface area contributed by atoms with Crippen molar-refractivity contribution in [1.29, 1.82) is 5.26 Å². The molecule has 0 spiro atoms. The number of para-hydroxylation sites is 1. The van der Waals surface area contributed by atoms with Gasteiger partial charge in [-0.15, -0.1) is 0 Å². The van der Waals surface area contributed by atoms with Crippen LogP contribution in [0.4, 0.5) is 5.69 Å². The van der Waals surface area contributed by atoms with Gasteiger partial charge < -0.3 is 5.32 Å². The number of amides is 1. The maximum absolute atomic E-state index is 12.2. The number of carbonyl (C=O) groups is 1. The SMILES string of the molecule is N#Cc1ccccc1/C=C/C(=O)Nc1ccccc1Cn1cncn1. The Balaban J connectivity index is 1.73. The van der Waals surface area contributed by atoms with Crippen molar-refractivity contribution in [3.8, 4) is 6.07 Å². The molecule has 0 aliphatic rings. The summed E-state index contributed by atoms with van der Waals surface area (Å²) in [6.07, 6.45) is 6.14. The van der Waals surface area contributed by atoms with Crippen LogP contribution in [-0.2, 0) is 11.3 Å². The number of anilines is 1. The minimum Gasteiger partial charge on any atom is -0.322 e. The molecule has 1 amide bonds. The van der Waals surface area contributed by atoms with Crippen molar-refractivity contribution in [2.45, 2.75) is 6.54 Å². The van der Waals surface area contributed by atoms with Crippen LogP contribution in [0.15, 0.2) is 67.3 Å². The van der Waals surface area contributed by atoms with Gasteiger partial charge in [-0.1, -0.05) is 36.4 Å². The fourth-order valence-electron chi connectivity index (χ4n) is 2.35. The maximum Gasteiger partial charge on any atom is 0.248 e. The van der Waals surface area contributed by atoms with E-state index in [4.69, 9.17) is 5.26 Å². The highest BCUT2D eigenvalue weighted by Crippen LogP contribution is 2.16. The predicted molar refractivity (Wildman–Crippen MR) is 94.4 cm³/mol. The summed E-state index contributed by atoms with van der Waals surface area (Å²) in [5, 5.41) is 16.0. The Morgan fingerprint density at radius 2 is 2.00 bits per heavy atom. The lowest BCUT2D eigenvalue weighted by Crippen LogP contribution is -2.11. The van der Waals surface area contributed by atoms with Crippen LogP contribution in [0.25, 0.3) is 6.08 Å². The second-order valence-corrected chi connectivity index (χ2v) is 5.27. The number of nitriles is 1. The molecule has 0 fully saturated rings. The maximum atomic E-state index is 12.2. The molecule has 6 nitrogen and oxygen atoms in total. The quantitative estimate of drug-likeness (QED) is 0.730. The first-order chi connectivity index (χ1) is 12.3. The van der Waals surface area contributed by atoms with Gasteiger partial charge in [-0.25, -0.2) is 9.67 Å². The van der Waals surface area contributed by atoms with E-state index in [1.807, 2.05) is 30.3 Å². The lowest BCUT2D eigenvalue weighted by Gasteiger charge is -2.09. The number of hydrogen-bond acceptors (Lipinski definition) is 4. The molecule has 1 heterocycles. The highest BCUT2D eigenvalue weighted by Gasteiger charge is 2.06. The number of rotatable bonds is 5. The molecule has 0 aliphatic carbocycles. The van der Waals surface area contributed by atoms with Crippen LogP contribution in [0.2, 0.25) is 0 Å². The minimum absolute atomic E-state index is 0.265. The van der Waals surface area contributed by atoms with Crippen LogP contribution < -0.4 is 5.32 Å². The first-order valence-electron chi connectivity index (χ1n) is 7.65. The van der Waals surface area contributed by atoms with E-state index in [-0.39, 0.29) is 5.91 Å². The third kappa shape index (κ3) is 4.18. The molecule has 0 aliphatic heterocycles. The molecule has 25 heavy (non-hydrogen) atoms. The number of hydrogen-bond donors (Lipinski definition) is 1. The molecule has 0 saturated heterocycles. The second-order valence-electron chi connectivity index (χ2n) is 5.27. The third-order valence-corrected chi connectivity index (χ3v) is 3.57. The summed E-state index contributed by atoms with van der Waals surface area (Å²) in [5.74, 6) is -0.265. The summed E-state index contributed by atoms with van der Waals surface area (Å²) in [7, 11) is 0. The van der Waals surface area contributed by atoms with Gasteiger partial charge in [0.05, 0.1) is 18.2 Å². The molecule has 0 saturated carbocycles. The van der Waals surface area contributed by atoms with Gasteiger partial charge in [-0.05, 0) is 29.3 Å². The summed E-state index contributed by atoms with van der Waals surface area (Å²) in [6.45, 7) is 0.511. The highest BCUT2D eigenvalue weighted by atomic mass is 16.1. The Morgan fingerprint density at radius 3 is 2.80 bits per heavy atom. The normalized spacial score (nSPS) is 10.5. The van der Waals surface area contributed by atoms with E-state index in [1.165, 1.54) is 12.4 Å². The average Bonchev–Trinajstić information content (AvgIpc) is 3.15. The Labute approximate surface area is 145 Å². The molecular formula is C19H15N5O. The molecule has 1 N–H and O–H groups in total. The Bertz CT molecular complexity index is 938. The second kappa shape index (κ2) is 7.70. The summed E-state index contributed by atoms with van der Waals surface area (Å²) in [5.41, 5.74) is 2.86. The van der Waals surface area contributed by atoms with Crippen molar-refractivity contribution >= 4 is 17.7 Å². The number of aromatic nitrogens is 3. The van der Waals surface area contributed by atoms with E-state index < -0.39 is 0 Å². The standard InChI is InChI=1S/C19H15N5O/c20-11-16-6-2-1-5-15(16)9-10-19(25)23-18-8-4-3-7-17(18)12-24-14-21-13-22-24/h1-10,13-14H,12H2,(H,23,25)/b10-9+. The van der Waals surface area contributed by atoms with E-state index in [2.05, 4.69) is 21.5 Å². The fraction of sp³-hybridized carbons (Fsp3) is 0.0526. The molecule has 0 radical (unpaired) electrons. The Hall–Kier alpha value is -3.72. The predicted octanol–water partition coefficient (Wildman–Crippen LogP) is 2.85. The topological polar surface area (TPSA) is 83.6 Å². The molecular weight excluding hydrogens is 314 g/mol. The first kappa shape index (κ1) is 16.1. The van der Waals surface area contributed by atoms with Crippen LogP contribution in [0.1, 0.15) is 16.7 Å². The van der Waals surface area contributed by atoms with Gasteiger partial charge in [-0.3, -0.25) is 4.79 Å². The van der Waals surface area contributed by atoms with E-state index in [0.29, 0.717) is 23.4 Å². The van der Waals surface area contributed by atoms with Gasteiger partial charge in [0, 0.05) is 11.8 Å². The molecule has 6 heteroatoms. The van der Waals surface area contributed by atoms with Crippen molar-refractivity contribution in [3.63, 3.8) is 0 Å². The van der Waals surface area contributed by atoms with Crippen molar-refractivity contribution in [2.75, 3.05) is 5.32 Å². The van der Waals surface area contributed by atoms with E-state index in [1.54, 1.807) is 35.3 Å². The third-order valence-electron chi connectivity index (χ3n) is 3.57.